The van der Waals surface area contributed by atoms with Gasteiger partial charge in [-0.1, -0.05) is 32.0 Å². The van der Waals surface area contributed by atoms with E-state index >= 15 is 0 Å². The Morgan fingerprint density at radius 3 is 2.80 bits per heavy atom. The normalized spacial score (nSPS) is 11.4. The Hall–Kier alpha value is -1.72. The lowest BCUT2D eigenvalue weighted by atomic mass is 10.0. The number of ether oxygens (including phenoxy) is 1. The molecule has 0 atom stereocenters. The molecule has 1 heterocycles. The van der Waals surface area contributed by atoms with Crippen molar-refractivity contribution in [1.29, 1.82) is 0 Å². The summed E-state index contributed by atoms with van der Waals surface area (Å²) >= 11 is 0. The van der Waals surface area contributed by atoms with Gasteiger partial charge in [-0.05, 0) is 6.07 Å². The monoisotopic (exact) mass is 276 g/mol. The molecule has 0 aliphatic rings. The van der Waals surface area contributed by atoms with Crippen molar-refractivity contribution in [3.05, 3.63) is 30.0 Å². The highest BCUT2D eigenvalue weighted by atomic mass is 16.5. The second-order valence-corrected chi connectivity index (χ2v) is 4.94. The van der Waals surface area contributed by atoms with Crippen molar-refractivity contribution in [2.45, 2.75) is 20.4 Å². The maximum atomic E-state index is 12.2. The second-order valence-electron chi connectivity index (χ2n) is 4.94. The van der Waals surface area contributed by atoms with E-state index in [4.69, 9.17) is 9.84 Å². The predicted molar refractivity (Wildman–Crippen MR) is 76.8 cm³/mol. The van der Waals surface area contributed by atoms with Crippen molar-refractivity contribution in [1.82, 2.24) is 9.78 Å². The molecular weight excluding hydrogens is 256 g/mol. The fourth-order valence-electron chi connectivity index (χ4n) is 2.07. The number of hydrogen-bond donors (Lipinski definition) is 1. The van der Waals surface area contributed by atoms with Crippen molar-refractivity contribution in [2.75, 3.05) is 19.8 Å². The lowest BCUT2D eigenvalue weighted by Gasteiger charge is -2.04. The molecule has 108 valence electrons. The Bertz CT molecular complexity index is 590. The van der Waals surface area contributed by atoms with Crippen LogP contribution in [0.15, 0.2) is 24.3 Å². The third-order valence-corrected chi connectivity index (χ3v) is 3.10. The topological polar surface area (TPSA) is 64.4 Å². The number of Topliss-reactive ketones (excluding diaryl/α,β-unsaturated/α-hetero) is 1. The molecule has 2 rings (SSSR count). The van der Waals surface area contributed by atoms with Crippen LogP contribution in [0.25, 0.3) is 10.9 Å². The van der Waals surface area contributed by atoms with Gasteiger partial charge in [-0.15, -0.1) is 0 Å². The van der Waals surface area contributed by atoms with Crippen LogP contribution in [0.5, 0.6) is 0 Å². The average molecular weight is 276 g/mol. The molecule has 1 N–H and O–H groups in total. The van der Waals surface area contributed by atoms with Crippen LogP contribution < -0.4 is 0 Å². The molecule has 0 amide bonds. The largest absolute Gasteiger partial charge is 0.394 e. The van der Waals surface area contributed by atoms with Gasteiger partial charge in [0, 0.05) is 11.3 Å². The Balaban J connectivity index is 2.28. The molecule has 1 aromatic carbocycles. The van der Waals surface area contributed by atoms with Crippen molar-refractivity contribution in [3.8, 4) is 0 Å². The molecule has 2 aromatic rings. The summed E-state index contributed by atoms with van der Waals surface area (Å²) in [4.78, 5) is 12.2. The Morgan fingerprint density at radius 2 is 2.10 bits per heavy atom. The number of carbonyl (C=O) groups is 1. The van der Waals surface area contributed by atoms with Gasteiger partial charge in [0.1, 0.15) is 5.69 Å². The molecule has 0 saturated heterocycles. The number of aromatic nitrogens is 2. The number of carbonyl (C=O) groups excluding carboxylic acids is 1. The van der Waals surface area contributed by atoms with Crippen molar-refractivity contribution < 1.29 is 14.6 Å². The van der Waals surface area contributed by atoms with Gasteiger partial charge in [0.15, 0.2) is 5.78 Å². The predicted octanol–water partition coefficient (Wildman–Crippen LogP) is 1.88. The minimum atomic E-state index is -0.0765. The van der Waals surface area contributed by atoms with E-state index in [1.807, 2.05) is 38.1 Å². The van der Waals surface area contributed by atoms with E-state index in [0.717, 1.165) is 10.9 Å². The maximum absolute atomic E-state index is 12.2. The number of benzene rings is 1. The maximum Gasteiger partial charge on any atom is 0.186 e. The number of hydrogen-bond acceptors (Lipinski definition) is 4. The summed E-state index contributed by atoms with van der Waals surface area (Å²) < 4.78 is 7.05. The first kappa shape index (κ1) is 14.7. The number of fused-ring (bicyclic) bond motifs is 1. The SMILES string of the molecule is CC(C)C(=O)c1nn(CCOCCO)c2ccccc12. The molecule has 5 heteroatoms. The van der Waals surface area contributed by atoms with Gasteiger partial charge in [-0.2, -0.15) is 5.10 Å². The molecule has 0 aliphatic carbocycles. The van der Waals surface area contributed by atoms with Crippen LogP contribution in [0, 0.1) is 5.92 Å². The third-order valence-electron chi connectivity index (χ3n) is 3.10. The number of ketones is 1. The Kier molecular flexibility index (Phi) is 4.87. The van der Waals surface area contributed by atoms with E-state index in [9.17, 15) is 4.79 Å². The van der Waals surface area contributed by atoms with Crippen LogP contribution in [0.4, 0.5) is 0 Å². The van der Waals surface area contributed by atoms with Gasteiger partial charge in [0.25, 0.3) is 0 Å². The van der Waals surface area contributed by atoms with Gasteiger partial charge in [-0.3, -0.25) is 9.48 Å². The number of aliphatic hydroxyl groups is 1. The fraction of sp³-hybridized carbons (Fsp3) is 0.467. The quantitative estimate of drug-likeness (QED) is 0.619. The smallest absolute Gasteiger partial charge is 0.186 e. The van der Waals surface area contributed by atoms with E-state index in [2.05, 4.69) is 5.10 Å². The van der Waals surface area contributed by atoms with Gasteiger partial charge in [-0.25, -0.2) is 0 Å². The summed E-state index contributed by atoms with van der Waals surface area (Å²) in [5.41, 5.74) is 1.46. The molecule has 0 radical (unpaired) electrons. The standard InChI is InChI=1S/C15H20N2O3/c1-11(2)15(19)14-12-5-3-4-6-13(12)17(16-14)7-9-20-10-8-18/h3-6,11,18H,7-10H2,1-2H3. The van der Waals surface area contributed by atoms with Gasteiger partial charge in [0.2, 0.25) is 0 Å². The van der Waals surface area contributed by atoms with Crippen LogP contribution >= 0.6 is 0 Å². The molecule has 5 nitrogen and oxygen atoms in total. The minimum absolute atomic E-state index is 0.0109. The Labute approximate surface area is 118 Å². The van der Waals surface area contributed by atoms with Gasteiger partial charge < -0.3 is 9.84 Å². The highest BCUT2D eigenvalue weighted by Crippen LogP contribution is 2.20. The van der Waals surface area contributed by atoms with Crippen molar-refractivity contribution in [2.24, 2.45) is 5.92 Å². The van der Waals surface area contributed by atoms with Gasteiger partial charge >= 0.3 is 0 Å². The average Bonchev–Trinajstić information content (AvgIpc) is 2.82. The molecule has 20 heavy (non-hydrogen) atoms. The molecule has 1 aromatic heterocycles. The van der Waals surface area contributed by atoms with Crippen molar-refractivity contribution in [3.63, 3.8) is 0 Å². The van der Waals surface area contributed by atoms with Crippen LogP contribution in [-0.2, 0) is 11.3 Å². The van der Waals surface area contributed by atoms with Crippen LogP contribution in [0.3, 0.4) is 0 Å². The number of nitrogens with zero attached hydrogens (tertiary/aromatic N) is 2. The van der Waals surface area contributed by atoms with E-state index in [-0.39, 0.29) is 18.3 Å². The summed E-state index contributed by atoms with van der Waals surface area (Å²) in [7, 11) is 0. The van der Waals surface area contributed by atoms with Crippen LogP contribution in [0.2, 0.25) is 0 Å². The van der Waals surface area contributed by atoms with E-state index in [1.165, 1.54) is 0 Å². The highest BCUT2D eigenvalue weighted by molar-refractivity contribution is 6.06. The summed E-state index contributed by atoms with van der Waals surface area (Å²) in [5, 5.41) is 14.0. The first-order valence-electron chi connectivity index (χ1n) is 6.83. The molecule has 0 bridgehead atoms. The molecular formula is C15H20N2O3. The summed E-state index contributed by atoms with van der Waals surface area (Å²) in [6.07, 6.45) is 0. The van der Waals surface area contributed by atoms with Crippen LogP contribution in [0.1, 0.15) is 24.3 Å². The molecule has 0 fully saturated rings. The molecule has 0 unspecified atom stereocenters. The number of aliphatic hydroxyl groups excluding tert-OH is 1. The lowest BCUT2D eigenvalue weighted by Crippen LogP contribution is -2.12. The summed E-state index contributed by atoms with van der Waals surface area (Å²) in [5.74, 6) is -0.0244. The first-order chi connectivity index (χ1) is 9.65. The zero-order chi connectivity index (χ0) is 14.5. The van der Waals surface area contributed by atoms with E-state index in [1.54, 1.807) is 4.68 Å². The summed E-state index contributed by atoms with van der Waals surface area (Å²) in [6, 6.07) is 7.71. The molecule has 0 saturated carbocycles. The molecule has 0 aliphatic heterocycles. The second kappa shape index (κ2) is 6.63. The van der Waals surface area contributed by atoms with E-state index < -0.39 is 0 Å². The molecule has 0 spiro atoms. The van der Waals surface area contributed by atoms with Crippen LogP contribution in [-0.4, -0.2) is 40.5 Å². The summed E-state index contributed by atoms with van der Waals surface area (Å²) in [6.45, 7) is 5.10. The zero-order valence-electron chi connectivity index (χ0n) is 11.9. The lowest BCUT2D eigenvalue weighted by molar-refractivity contribution is 0.0855. The van der Waals surface area contributed by atoms with E-state index in [0.29, 0.717) is 25.5 Å². The number of rotatable bonds is 7. The fourth-order valence-corrected chi connectivity index (χ4v) is 2.07. The minimum Gasteiger partial charge on any atom is -0.394 e. The highest BCUT2D eigenvalue weighted by Gasteiger charge is 2.19. The number of para-hydroxylation sites is 1. The zero-order valence-corrected chi connectivity index (χ0v) is 11.9. The van der Waals surface area contributed by atoms with Gasteiger partial charge in [0.05, 0.1) is 31.9 Å². The first-order valence-corrected chi connectivity index (χ1v) is 6.83. The van der Waals surface area contributed by atoms with Crippen molar-refractivity contribution >= 4 is 16.7 Å². The third kappa shape index (κ3) is 3.05. The Morgan fingerprint density at radius 1 is 1.35 bits per heavy atom.